The van der Waals surface area contributed by atoms with Crippen LogP contribution in [0.2, 0.25) is 0 Å². The van der Waals surface area contributed by atoms with E-state index in [9.17, 15) is 10.2 Å². The summed E-state index contributed by atoms with van der Waals surface area (Å²) in [4.78, 5) is 6.81. The second kappa shape index (κ2) is 6.14. The molecule has 22 heavy (non-hydrogen) atoms. The van der Waals surface area contributed by atoms with E-state index in [1.807, 2.05) is 19.9 Å². The third kappa shape index (κ3) is 3.12. The molecule has 0 aromatic carbocycles. The molecule has 0 bridgehead atoms. The molecular weight excluding hydrogens is 280 g/mol. The molecular formula is C17H26N2O3. The van der Waals surface area contributed by atoms with Gasteiger partial charge in [-0.05, 0) is 51.8 Å². The summed E-state index contributed by atoms with van der Waals surface area (Å²) in [6.07, 6.45) is 2.87. The van der Waals surface area contributed by atoms with Crippen molar-refractivity contribution in [3.8, 4) is 5.75 Å². The molecule has 2 aliphatic rings. The van der Waals surface area contributed by atoms with Crippen molar-refractivity contribution < 1.29 is 14.9 Å². The van der Waals surface area contributed by atoms with E-state index in [1.54, 1.807) is 6.07 Å². The lowest BCUT2D eigenvalue weighted by Gasteiger charge is -2.43. The first kappa shape index (κ1) is 15.7. The molecule has 1 aromatic heterocycles. The van der Waals surface area contributed by atoms with Crippen LogP contribution >= 0.6 is 0 Å². The summed E-state index contributed by atoms with van der Waals surface area (Å²) in [5.41, 5.74) is 0.966. The Morgan fingerprint density at radius 2 is 2.27 bits per heavy atom. The number of aryl methyl sites for hydroxylation is 1. The van der Waals surface area contributed by atoms with Gasteiger partial charge in [-0.2, -0.15) is 0 Å². The summed E-state index contributed by atoms with van der Waals surface area (Å²) in [7, 11) is 0. The van der Waals surface area contributed by atoms with E-state index in [-0.39, 0.29) is 17.7 Å². The number of hydrogen-bond acceptors (Lipinski definition) is 5. The average molecular weight is 306 g/mol. The first-order valence-electron chi connectivity index (χ1n) is 8.17. The van der Waals surface area contributed by atoms with Crippen LogP contribution in [-0.2, 0) is 11.3 Å². The zero-order valence-electron chi connectivity index (χ0n) is 13.5. The number of hydrogen-bond donors (Lipinski definition) is 2. The van der Waals surface area contributed by atoms with Gasteiger partial charge >= 0.3 is 0 Å². The molecule has 3 rings (SSSR count). The number of rotatable bonds is 3. The molecule has 5 nitrogen and oxygen atoms in total. The molecule has 1 aromatic rings. The lowest BCUT2D eigenvalue weighted by Crippen LogP contribution is -2.52. The van der Waals surface area contributed by atoms with Gasteiger partial charge in [0.1, 0.15) is 5.75 Å². The zero-order chi connectivity index (χ0) is 15.7. The minimum absolute atomic E-state index is 0.121. The molecule has 5 heteroatoms. The van der Waals surface area contributed by atoms with E-state index in [1.165, 1.54) is 0 Å². The Kier molecular flexibility index (Phi) is 4.39. The number of aliphatic hydroxyl groups is 1. The fourth-order valence-corrected chi connectivity index (χ4v) is 3.80. The number of nitrogens with zero attached hydrogens (tertiary/aromatic N) is 2. The van der Waals surface area contributed by atoms with E-state index < -0.39 is 5.60 Å². The van der Waals surface area contributed by atoms with Gasteiger partial charge in [-0.3, -0.25) is 9.88 Å². The normalized spacial score (nSPS) is 33.2. The molecule has 122 valence electrons. The fraction of sp³-hybridized carbons (Fsp3) is 0.706. The predicted molar refractivity (Wildman–Crippen MR) is 83.6 cm³/mol. The average Bonchev–Trinajstić information content (AvgIpc) is 2.90. The maximum Gasteiger partial charge on any atom is 0.138 e. The maximum atomic E-state index is 10.7. The minimum atomic E-state index is -0.673. The smallest absolute Gasteiger partial charge is 0.138 e. The Hall–Kier alpha value is -1.17. The van der Waals surface area contributed by atoms with Gasteiger partial charge in [0.05, 0.1) is 17.9 Å². The maximum absolute atomic E-state index is 10.7. The van der Waals surface area contributed by atoms with Crippen molar-refractivity contribution in [3.05, 3.63) is 23.5 Å². The molecule has 0 spiro atoms. The second-order valence-electron chi connectivity index (χ2n) is 6.89. The summed E-state index contributed by atoms with van der Waals surface area (Å²) in [6.45, 7) is 6.72. The van der Waals surface area contributed by atoms with E-state index in [0.717, 1.165) is 30.8 Å². The Morgan fingerprint density at radius 1 is 1.45 bits per heavy atom. The molecule has 3 heterocycles. The van der Waals surface area contributed by atoms with E-state index in [4.69, 9.17) is 4.74 Å². The second-order valence-corrected chi connectivity index (χ2v) is 6.89. The number of aromatic nitrogens is 1. The molecule has 3 atom stereocenters. The van der Waals surface area contributed by atoms with E-state index in [2.05, 4.69) is 9.88 Å². The van der Waals surface area contributed by atoms with Crippen molar-refractivity contribution in [2.75, 3.05) is 19.8 Å². The van der Waals surface area contributed by atoms with Crippen molar-refractivity contribution in [1.29, 1.82) is 0 Å². The monoisotopic (exact) mass is 306 g/mol. The number of aromatic hydroxyl groups is 1. The van der Waals surface area contributed by atoms with Crippen molar-refractivity contribution in [1.82, 2.24) is 9.88 Å². The predicted octanol–water partition coefficient (Wildman–Crippen LogP) is 1.85. The fourth-order valence-electron chi connectivity index (χ4n) is 3.80. The first-order valence-corrected chi connectivity index (χ1v) is 8.17. The van der Waals surface area contributed by atoms with Gasteiger partial charge in [-0.1, -0.05) is 0 Å². The highest BCUT2D eigenvalue weighted by Gasteiger charge is 2.44. The summed E-state index contributed by atoms with van der Waals surface area (Å²) in [5, 5.41) is 20.7. The third-order valence-corrected chi connectivity index (χ3v) is 5.17. The first-order chi connectivity index (χ1) is 10.5. The molecule has 2 saturated heterocycles. The van der Waals surface area contributed by atoms with Crippen LogP contribution in [0.3, 0.4) is 0 Å². The lowest BCUT2D eigenvalue weighted by atomic mass is 9.79. The number of likely N-dealkylation sites (tertiary alicyclic amines) is 1. The van der Waals surface area contributed by atoms with Crippen molar-refractivity contribution in [2.24, 2.45) is 5.92 Å². The van der Waals surface area contributed by atoms with Gasteiger partial charge in [-0.25, -0.2) is 0 Å². The summed E-state index contributed by atoms with van der Waals surface area (Å²) in [5.74, 6) is 0.374. The molecule has 0 radical (unpaired) electrons. The van der Waals surface area contributed by atoms with Crippen molar-refractivity contribution in [2.45, 2.75) is 51.3 Å². The molecule has 2 aliphatic heterocycles. The van der Waals surface area contributed by atoms with Crippen LogP contribution in [0.15, 0.2) is 12.1 Å². The summed E-state index contributed by atoms with van der Waals surface area (Å²) < 4.78 is 5.62. The number of pyridine rings is 1. The SMILES string of the molecule is Cc1ccc(O)c(CN2CCCC2C2COCCC2(C)O)n1. The standard InChI is InChI=1S/C17H26N2O3/c1-12-5-6-16(20)14(18-12)10-19-8-3-4-15(19)13-11-22-9-7-17(13,2)21/h5-6,13,15,20-21H,3-4,7-11H2,1-2H3. The van der Waals surface area contributed by atoms with Gasteiger partial charge < -0.3 is 14.9 Å². The van der Waals surface area contributed by atoms with E-state index >= 15 is 0 Å². The Morgan fingerprint density at radius 3 is 3.05 bits per heavy atom. The Bertz CT molecular complexity index is 533. The summed E-state index contributed by atoms with van der Waals surface area (Å²) >= 11 is 0. The van der Waals surface area contributed by atoms with Gasteiger partial charge in [0.25, 0.3) is 0 Å². The molecule has 0 amide bonds. The van der Waals surface area contributed by atoms with Crippen LogP contribution in [0, 0.1) is 12.8 Å². The highest BCUT2D eigenvalue weighted by molar-refractivity contribution is 5.27. The van der Waals surface area contributed by atoms with Gasteiger partial charge in [0, 0.05) is 30.8 Å². The van der Waals surface area contributed by atoms with Crippen LogP contribution in [0.25, 0.3) is 0 Å². The van der Waals surface area contributed by atoms with Crippen LogP contribution in [0.5, 0.6) is 5.75 Å². The van der Waals surface area contributed by atoms with Gasteiger partial charge in [0.2, 0.25) is 0 Å². The Balaban J connectivity index is 1.77. The lowest BCUT2D eigenvalue weighted by molar-refractivity contribution is -0.123. The molecule has 2 N–H and O–H groups in total. The van der Waals surface area contributed by atoms with Crippen molar-refractivity contribution in [3.63, 3.8) is 0 Å². The van der Waals surface area contributed by atoms with Crippen molar-refractivity contribution >= 4 is 0 Å². The molecule has 3 unspecified atom stereocenters. The van der Waals surface area contributed by atoms with Crippen LogP contribution in [-0.4, -0.2) is 51.5 Å². The van der Waals surface area contributed by atoms with E-state index in [0.29, 0.717) is 26.2 Å². The van der Waals surface area contributed by atoms with Gasteiger partial charge in [0.15, 0.2) is 0 Å². The highest BCUT2D eigenvalue weighted by atomic mass is 16.5. The third-order valence-electron chi connectivity index (χ3n) is 5.17. The topological polar surface area (TPSA) is 65.8 Å². The quantitative estimate of drug-likeness (QED) is 0.892. The Labute approximate surface area is 131 Å². The number of ether oxygens (including phenoxy) is 1. The highest BCUT2D eigenvalue weighted by Crippen LogP contribution is 2.36. The minimum Gasteiger partial charge on any atom is -0.506 e. The zero-order valence-corrected chi connectivity index (χ0v) is 13.5. The molecule has 2 fully saturated rings. The van der Waals surface area contributed by atoms with Gasteiger partial charge in [-0.15, -0.1) is 0 Å². The van der Waals surface area contributed by atoms with Crippen LogP contribution in [0.4, 0.5) is 0 Å². The van der Waals surface area contributed by atoms with Crippen LogP contribution < -0.4 is 0 Å². The molecule has 0 saturated carbocycles. The van der Waals surface area contributed by atoms with Crippen LogP contribution in [0.1, 0.15) is 37.6 Å². The largest absolute Gasteiger partial charge is 0.506 e. The summed E-state index contributed by atoms with van der Waals surface area (Å²) in [6, 6.07) is 3.82. The molecule has 0 aliphatic carbocycles.